The van der Waals surface area contributed by atoms with Gasteiger partial charge in [0.1, 0.15) is 11.6 Å². The Balaban J connectivity index is 3.12. The Morgan fingerprint density at radius 2 is 2.00 bits per heavy atom. The third kappa shape index (κ3) is 1.78. The molecule has 0 fully saturated rings. The zero-order chi connectivity index (χ0) is 9.14. The van der Waals surface area contributed by atoms with E-state index < -0.39 is 0 Å². The summed E-state index contributed by atoms with van der Waals surface area (Å²) in [5, 5.41) is 0. The molecular formula is C9H12BFO. The van der Waals surface area contributed by atoms with Crippen molar-refractivity contribution >= 4 is 12.2 Å². The van der Waals surface area contributed by atoms with E-state index in [0.717, 1.165) is 11.2 Å². The van der Waals surface area contributed by atoms with Crippen molar-refractivity contribution in [3.8, 4) is 5.75 Å². The molecule has 0 bridgehead atoms. The molecule has 0 amide bonds. The lowest BCUT2D eigenvalue weighted by Crippen LogP contribution is -2.24. The van der Waals surface area contributed by atoms with Crippen LogP contribution in [0, 0.1) is 5.82 Å². The fourth-order valence-corrected chi connectivity index (χ4v) is 1.16. The first-order valence-corrected chi connectivity index (χ1v) is 3.98. The average Bonchev–Trinajstić information content (AvgIpc) is 2.04. The Morgan fingerprint density at radius 1 is 1.33 bits per heavy atom. The molecule has 0 unspecified atom stereocenters. The summed E-state index contributed by atoms with van der Waals surface area (Å²) in [6.07, 6.45) is 0. The first kappa shape index (κ1) is 9.11. The third-order valence-corrected chi connectivity index (χ3v) is 1.81. The molecule has 0 saturated heterocycles. The van der Waals surface area contributed by atoms with Crippen LogP contribution in [0.3, 0.4) is 0 Å². The molecule has 1 aromatic carbocycles. The van der Waals surface area contributed by atoms with E-state index >= 15 is 0 Å². The Bertz CT molecular complexity index is 273. The Hall–Kier alpha value is -0.985. The largest absolute Gasteiger partial charge is 0.497 e. The lowest BCUT2D eigenvalue weighted by molar-refractivity contribution is 0.417. The summed E-state index contributed by atoms with van der Waals surface area (Å²) in [5.74, 6) is 0.547. The van der Waals surface area contributed by atoms with Crippen LogP contribution in [-0.4, -0.2) is 13.8 Å². The van der Waals surface area contributed by atoms with E-state index in [1.807, 2.05) is 13.6 Å². The van der Waals surface area contributed by atoms with Gasteiger partial charge in [-0.2, -0.15) is 0 Å². The van der Waals surface area contributed by atoms with E-state index in [0.29, 0.717) is 0 Å². The van der Waals surface area contributed by atoms with E-state index in [9.17, 15) is 4.39 Å². The first-order valence-electron chi connectivity index (χ1n) is 3.98. The lowest BCUT2D eigenvalue weighted by Gasteiger charge is -2.09. The maximum Gasteiger partial charge on any atom is 0.174 e. The van der Waals surface area contributed by atoms with E-state index in [2.05, 4.69) is 0 Å². The molecule has 0 aromatic heterocycles. The van der Waals surface area contributed by atoms with Gasteiger partial charge in [-0.15, -0.1) is 0 Å². The van der Waals surface area contributed by atoms with Crippen LogP contribution in [0.5, 0.6) is 5.75 Å². The molecular weight excluding hydrogens is 154 g/mol. The van der Waals surface area contributed by atoms with Gasteiger partial charge in [-0.3, -0.25) is 0 Å². The van der Waals surface area contributed by atoms with Crippen molar-refractivity contribution in [3.63, 3.8) is 0 Å². The van der Waals surface area contributed by atoms with E-state index in [1.165, 1.54) is 12.1 Å². The zero-order valence-electron chi connectivity index (χ0n) is 7.60. The molecule has 3 heteroatoms. The standard InChI is InChI=1S/C9H12BFO/c1-10(2)8-6-7(11)4-5-9(8)12-3/h4-6H,1-3H3. The highest BCUT2D eigenvalue weighted by Gasteiger charge is 2.10. The number of ether oxygens (including phenoxy) is 1. The van der Waals surface area contributed by atoms with Crippen LogP contribution in [0.1, 0.15) is 0 Å². The average molecular weight is 166 g/mol. The van der Waals surface area contributed by atoms with Crippen molar-refractivity contribution in [2.45, 2.75) is 13.6 Å². The van der Waals surface area contributed by atoms with Gasteiger partial charge in [0.15, 0.2) is 6.71 Å². The molecule has 0 saturated carbocycles. The topological polar surface area (TPSA) is 9.23 Å². The highest BCUT2D eigenvalue weighted by Crippen LogP contribution is 2.09. The molecule has 64 valence electrons. The molecule has 0 aliphatic rings. The minimum Gasteiger partial charge on any atom is -0.497 e. The number of methoxy groups -OCH3 is 1. The Labute approximate surface area is 72.6 Å². The van der Waals surface area contributed by atoms with Crippen LogP contribution in [0.2, 0.25) is 13.6 Å². The molecule has 1 rings (SSSR count). The second-order valence-corrected chi connectivity index (χ2v) is 3.04. The molecule has 0 atom stereocenters. The van der Waals surface area contributed by atoms with Crippen molar-refractivity contribution < 1.29 is 9.13 Å². The molecule has 0 N–H and O–H groups in total. The summed E-state index contributed by atoms with van der Waals surface area (Å²) in [7, 11) is 1.60. The van der Waals surface area contributed by atoms with E-state index in [-0.39, 0.29) is 12.5 Å². The molecule has 0 aliphatic heterocycles. The first-order chi connectivity index (χ1) is 5.65. The minimum atomic E-state index is -0.209. The molecule has 0 radical (unpaired) electrons. The van der Waals surface area contributed by atoms with Gasteiger partial charge in [-0.1, -0.05) is 13.6 Å². The summed E-state index contributed by atoms with van der Waals surface area (Å²) in [5.41, 5.74) is 0.914. The monoisotopic (exact) mass is 166 g/mol. The highest BCUT2D eigenvalue weighted by atomic mass is 19.1. The molecule has 1 aromatic rings. The van der Waals surface area contributed by atoms with Crippen LogP contribution in [0.4, 0.5) is 4.39 Å². The SMILES string of the molecule is COc1ccc(F)cc1B(C)C. The van der Waals surface area contributed by atoms with Gasteiger partial charge >= 0.3 is 0 Å². The number of benzene rings is 1. The number of halogens is 1. The molecule has 0 aliphatic carbocycles. The van der Waals surface area contributed by atoms with Gasteiger partial charge < -0.3 is 4.74 Å². The Morgan fingerprint density at radius 3 is 2.50 bits per heavy atom. The van der Waals surface area contributed by atoms with Gasteiger partial charge in [-0.05, 0) is 23.7 Å². The summed E-state index contributed by atoms with van der Waals surface area (Å²) < 4.78 is 17.9. The van der Waals surface area contributed by atoms with E-state index in [1.54, 1.807) is 13.2 Å². The fraction of sp³-hybridized carbons (Fsp3) is 0.333. The minimum absolute atomic E-state index is 0.209. The van der Waals surface area contributed by atoms with Crippen LogP contribution in [0.15, 0.2) is 18.2 Å². The summed E-state index contributed by atoms with van der Waals surface area (Å²) in [6, 6.07) is 4.58. The summed E-state index contributed by atoms with van der Waals surface area (Å²) in [4.78, 5) is 0. The fourth-order valence-electron chi connectivity index (χ4n) is 1.16. The maximum absolute atomic E-state index is 12.8. The summed E-state index contributed by atoms with van der Waals surface area (Å²) >= 11 is 0. The number of rotatable bonds is 2. The molecule has 0 spiro atoms. The quantitative estimate of drug-likeness (QED) is 0.608. The van der Waals surface area contributed by atoms with Gasteiger partial charge in [-0.25, -0.2) is 4.39 Å². The number of hydrogen-bond acceptors (Lipinski definition) is 1. The van der Waals surface area contributed by atoms with Crippen molar-refractivity contribution in [2.24, 2.45) is 0 Å². The maximum atomic E-state index is 12.8. The van der Waals surface area contributed by atoms with Crippen molar-refractivity contribution in [3.05, 3.63) is 24.0 Å². The van der Waals surface area contributed by atoms with Crippen LogP contribution in [0.25, 0.3) is 0 Å². The van der Waals surface area contributed by atoms with Gasteiger partial charge in [0, 0.05) is 0 Å². The van der Waals surface area contributed by atoms with Crippen molar-refractivity contribution in [1.82, 2.24) is 0 Å². The molecule has 12 heavy (non-hydrogen) atoms. The third-order valence-electron chi connectivity index (χ3n) is 1.81. The van der Waals surface area contributed by atoms with Crippen LogP contribution < -0.4 is 10.2 Å². The summed E-state index contributed by atoms with van der Waals surface area (Å²) in [6.45, 7) is 4.31. The zero-order valence-corrected chi connectivity index (χ0v) is 7.60. The number of hydrogen-bond donors (Lipinski definition) is 0. The smallest absolute Gasteiger partial charge is 0.174 e. The Kier molecular flexibility index (Phi) is 2.74. The van der Waals surface area contributed by atoms with Gasteiger partial charge in [0.25, 0.3) is 0 Å². The second-order valence-electron chi connectivity index (χ2n) is 3.04. The van der Waals surface area contributed by atoms with Crippen molar-refractivity contribution in [1.29, 1.82) is 0 Å². The van der Waals surface area contributed by atoms with E-state index in [4.69, 9.17) is 4.74 Å². The normalized spacial score (nSPS) is 9.67. The molecule has 1 nitrogen and oxygen atoms in total. The lowest BCUT2D eigenvalue weighted by atomic mass is 9.49. The van der Waals surface area contributed by atoms with Crippen LogP contribution >= 0.6 is 0 Å². The van der Waals surface area contributed by atoms with Crippen molar-refractivity contribution in [2.75, 3.05) is 7.11 Å². The highest BCUT2D eigenvalue weighted by molar-refractivity contribution is 6.71. The predicted molar refractivity (Wildman–Crippen MR) is 50.1 cm³/mol. The second kappa shape index (κ2) is 3.61. The van der Waals surface area contributed by atoms with Crippen LogP contribution in [-0.2, 0) is 0 Å². The van der Waals surface area contributed by atoms with Gasteiger partial charge in [0.2, 0.25) is 0 Å². The van der Waals surface area contributed by atoms with Gasteiger partial charge in [0.05, 0.1) is 7.11 Å². The predicted octanol–water partition coefficient (Wildman–Crippen LogP) is 1.80. The molecule has 0 heterocycles.